The van der Waals surface area contributed by atoms with Gasteiger partial charge in [0.2, 0.25) is 0 Å². The molecule has 0 bridgehead atoms. The van der Waals surface area contributed by atoms with E-state index in [0.717, 1.165) is 32.7 Å². The topological polar surface area (TPSA) is 76.3 Å². The van der Waals surface area contributed by atoms with E-state index in [1.807, 2.05) is 0 Å². The highest BCUT2D eigenvalue weighted by Gasteiger charge is 2.20. The van der Waals surface area contributed by atoms with Crippen LogP contribution < -0.4 is 10.6 Å². The molecule has 1 fully saturated rings. The summed E-state index contributed by atoms with van der Waals surface area (Å²) < 4.78 is 0. The molecule has 2 amide bonds. The third-order valence-electron chi connectivity index (χ3n) is 3.79. The van der Waals surface area contributed by atoms with Crippen LogP contribution in [0.15, 0.2) is 12.4 Å². The first kappa shape index (κ1) is 14.8. The molecular weight excluding hydrogens is 256 g/mol. The normalized spacial score (nSPS) is 18.7. The quantitative estimate of drug-likeness (QED) is 0.736. The molecule has 2 rings (SSSR count). The number of carbonyl (C=O) groups excluding carboxylic acids is 1. The first-order chi connectivity index (χ1) is 9.69. The van der Waals surface area contributed by atoms with Crippen LogP contribution in [-0.2, 0) is 0 Å². The summed E-state index contributed by atoms with van der Waals surface area (Å²) >= 11 is 0. The molecule has 1 unspecified atom stereocenters. The third kappa shape index (κ3) is 4.21. The van der Waals surface area contributed by atoms with Crippen LogP contribution in [0.25, 0.3) is 0 Å². The van der Waals surface area contributed by atoms with Crippen molar-refractivity contribution < 1.29 is 4.79 Å². The van der Waals surface area contributed by atoms with Crippen LogP contribution in [0, 0.1) is 0 Å². The molecule has 1 aromatic heterocycles. The second-order valence-electron chi connectivity index (χ2n) is 5.14. The maximum absolute atomic E-state index is 11.7. The molecule has 7 nitrogen and oxygen atoms in total. The van der Waals surface area contributed by atoms with Gasteiger partial charge in [0.15, 0.2) is 0 Å². The van der Waals surface area contributed by atoms with Gasteiger partial charge in [0.25, 0.3) is 0 Å². The number of nitrogens with zero attached hydrogens (tertiary/aromatic N) is 3. The average Bonchev–Trinajstić information content (AvgIpc) is 2.97. The van der Waals surface area contributed by atoms with E-state index in [0.29, 0.717) is 18.3 Å². The highest BCUT2D eigenvalue weighted by Crippen LogP contribution is 2.05. The number of nitrogens with one attached hydrogen (secondary N) is 3. The molecule has 2 heterocycles. The van der Waals surface area contributed by atoms with Gasteiger partial charge >= 0.3 is 6.03 Å². The Labute approximate surface area is 119 Å². The lowest BCUT2D eigenvalue weighted by molar-refractivity contribution is 0.106. The van der Waals surface area contributed by atoms with Crippen LogP contribution in [0.2, 0.25) is 0 Å². The van der Waals surface area contributed by atoms with Crippen molar-refractivity contribution >= 4 is 11.7 Å². The number of carbonyl (C=O) groups is 1. The summed E-state index contributed by atoms with van der Waals surface area (Å²) in [4.78, 5) is 16.6. The minimum atomic E-state index is -0.189. The molecule has 0 aromatic carbocycles. The zero-order valence-electron chi connectivity index (χ0n) is 12.2. The molecule has 1 atom stereocenters. The fourth-order valence-electron chi connectivity index (χ4n) is 2.38. The summed E-state index contributed by atoms with van der Waals surface area (Å²) in [7, 11) is 0. The Morgan fingerprint density at radius 2 is 2.20 bits per heavy atom. The highest BCUT2D eigenvalue weighted by molar-refractivity contribution is 5.88. The number of hydrogen-bond donors (Lipinski definition) is 3. The SMILES string of the molecule is CCN1CCN(C(C)CNC(=O)Nc2cn[nH]c2)CC1. The van der Waals surface area contributed by atoms with E-state index in [4.69, 9.17) is 0 Å². The molecule has 1 aliphatic rings. The van der Waals surface area contributed by atoms with Gasteiger partial charge in [-0.2, -0.15) is 5.10 Å². The van der Waals surface area contributed by atoms with Crippen molar-refractivity contribution in [2.24, 2.45) is 0 Å². The van der Waals surface area contributed by atoms with Crippen LogP contribution in [0.4, 0.5) is 10.5 Å². The lowest BCUT2D eigenvalue weighted by atomic mass is 10.2. The summed E-state index contributed by atoms with van der Waals surface area (Å²) in [6.07, 6.45) is 3.22. The number of rotatable bonds is 5. The molecule has 3 N–H and O–H groups in total. The number of likely N-dealkylation sites (N-methyl/N-ethyl adjacent to an activating group) is 1. The van der Waals surface area contributed by atoms with Gasteiger partial charge in [-0.1, -0.05) is 6.92 Å². The second-order valence-corrected chi connectivity index (χ2v) is 5.14. The number of hydrogen-bond acceptors (Lipinski definition) is 4. The summed E-state index contributed by atoms with van der Waals surface area (Å²) in [5.74, 6) is 0. The van der Waals surface area contributed by atoms with Gasteiger partial charge in [0.05, 0.1) is 11.9 Å². The highest BCUT2D eigenvalue weighted by atomic mass is 16.2. The fraction of sp³-hybridized carbons (Fsp3) is 0.692. The Bertz CT molecular complexity index is 399. The van der Waals surface area contributed by atoms with E-state index in [9.17, 15) is 4.79 Å². The zero-order chi connectivity index (χ0) is 14.4. The van der Waals surface area contributed by atoms with E-state index >= 15 is 0 Å². The maximum atomic E-state index is 11.7. The Balaban J connectivity index is 1.67. The molecule has 1 saturated heterocycles. The molecule has 1 aromatic rings. The second kappa shape index (κ2) is 7.25. The van der Waals surface area contributed by atoms with Crippen LogP contribution in [0.1, 0.15) is 13.8 Å². The number of anilines is 1. The van der Waals surface area contributed by atoms with Gasteiger partial charge in [0.1, 0.15) is 0 Å². The van der Waals surface area contributed by atoms with Crippen molar-refractivity contribution in [1.82, 2.24) is 25.3 Å². The molecule has 20 heavy (non-hydrogen) atoms. The number of aromatic nitrogens is 2. The smallest absolute Gasteiger partial charge is 0.319 e. The average molecular weight is 280 g/mol. The summed E-state index contributed by atoms with van der Waals surface area (Å²) in [5.41, 5.74) is 0.673. The summed E-state index contributed by atoms with van der Waals surface area (Å²) in [5, 5.41) is 12.1. The predicted molar refractivity (Wildman–Crippen MR) is 78.8 cm³/mol. The maximum Gasteiger partial charge on any atom is 0.319 e. The van der Waals surface area contributed by atoms with E-state index in [2.05, 4.69) is 44.5 Å². The molecule has 1 aliphatic heterocycles. The fourth-order valence-corrected chi connectivity index (χ4v) is 2.38. The number of piperazine rings is 1. The van der Waals surface area contributed by atoms with Gasteiger partial charge in [-0.15, -0.1) is 0 Å². The van der Waals surface area contributed by atoms with Crippen molar-refractivity contribution in [3.63, 3.8) is 0 Å². The first-order valence-electron chi connectivity index (χ1n) is 7.19. The molecule has 112 valence electrons. The van der Waals surface area contributed by atoms with Crippen molar-refractivity contribution in [2.75, 3.05) is 44.6 Å². The van der Waals surface area contributed by atoms with Gasteiger partial charge in [-0.25, -0.2) is 4.79 Å². The Kier molecular flexibility index (Phi) is 5.37. The molecule has 0 radical (unpaired) electrons. The molecule has 7 heteroatoms. The molecule has 0 saturated carbocycles. The van der Waals surface area contributed by atoms with Crippen LogP contribution in [-0.4, -0.2) is 71.3 Å². The van der Waals surface area contributed by atoms with E-state index in [1.54, 1.807) is 12.4 Å². The Hall–Kier alpha value is -1.60. The van der Waals surface area contributed by atoms with Gasteiger partial charge in [-0.3, -0.25) is 10.00 Å². The van der Waals surface area contributed by atoms with Gasteiger partial charge < -0.3 is 15.5 Å². The Morgan fingerprint density at radius 1 is 1.45 bits per heavy atom. The van der Waals surface area contributed by atoms with Crippen molar-refractivity contribution in [1.29, 1.82) is 0 Å². The van der Waals surface area contributed by atoms with Crippen LogP contribution in [0.3, 0.4) is 0 Å². The number of aromatic amines is 1. The van der Waals surface area contributed by atoms with Crippen LogP contribution in [0.5, 0.6) is 0 Å². The Morgan fingerprint density at radius 3 is 2.80 bits per heavy atom. The van der Waals surface area contributed by atoms with E-state index in [1.165, 1.54) is 0 Å². The van der Waals surface area contributed by atoms with Gasteiger partial charge in [0, 0.05) is 45.0 Å². The third-order valence-corrected chi connectivity index (χ3v) is 3.79. The predicted octanol–water partition coefficient (Wildman–Crippen LogP) is 0.557. The largest absolute Gasteiger partial charge is 0.336 e. The minimum absolute atomic E-state index is 0.189. The van der Waals surface area contributed by atoms with Crippen LogP contribution >= 0.6 is 0 Å². The molecule has 0 aliphatic carbocycles. The summed E-state index contributed by atoms with van der Waals surface area (Å²) in [6.45, 7) is 10.5. The lowest BCUT2D eigenvalue weighted by Gasteiger charge is -2.37. The van der Waals surface area contributed by atoms with E-state index < -0.39 is 0 Å². The molecular formula is C13H24N6O. The van der Waals surface area contributed by atoms with Crippen molar-refractivity contribution in [3.8, 4) is 0 Å². The summed E-state index contributed by atoms with van der Waals surface area (Å²) in [6, 6.07) is 0.162. The monoisotopic (exact) mass is 280 g/mol. The number of urea groups is 1. The lowest BCUT2D eigenvalue weighted by Crippen LogP contribution is -2.52. The molecule has 0 spiro atoms. The zero-order valence-corrected chi connectivity index (χ0v) is 12.2. The van der Waals surface area contributed by atoms with Gasteiger partial charge in [-0.05, 0) is 13.5 Å². The number of amides is 2. The standard InChI is InChI=1S/C13H24N6O/c1-3-18-4-6-19(7-5-18)11(2)8-14-13(20)17-12-9-15-16-10-12/h9-11H,3-8H2,1-2H3,(H,15,16)(H2,14,17,20). The van der Waals surface area contributed by atoms with E-state index in [-0.39, 0.29) is 6.03 Å². The number of H-pyrrole nitrogens is 1. The van der Waals surface area contributed by atoms with Crippen molar-refractivity contribution in [2.45, 2.75) is 19.9 Å². The minimum Gasteiger partial charge on any atom is -0.336 e. The van der Waals surface area contributed by atoms with Crippen molar-refractivity contribution in [3.05, 3.63) is 12.4 Å². The first-order valence-corrected chi connectivity index (χ1v) is 7.19.